The highest BCUT2D eigenvalue weighted by molar-refractivity contribution is 5.56. The second-order valence-corrected chi connectivity index (χ2v) is 8.77. The number of aryl methyl sites for hydroxylation is 1. The quantitative estimate of drug-likeness (QED) is 0.684. The minimum absolute atomic E-state index is 0.296. The number of tetrazole rings is 1. The summed E-state index contributed by atoms with van der Waals surface area (Å²) < 4.78 is 1.99. The first-order valence-corrected chi connectivity index (χ1v) is 11.0. The van der Waals surface area contributed by atoms with Crippen molar-refractivity contribution in [3.05, 3.63) is 71.0 Å². The molecule has 2 heterocycles. The average molecular weight is 406 g/mol. The van der Waals surface area contributed by atoms with Crippen LogP contribution < -0.4 is 9.80 Å². The molecule has 6 heteroatoms. The van der Waals surface area contributed by atoms with Crippen molar-refractivity contribution in [3.8, 4) is 0 Å². The molecule has 3 aromatic rings. The number of rotatable bonds is 6. The lowest BCUT2D eigenvalue weighted by atomic mass is 10.00. The van der Waals surface area contributed by atoms with Crippen molar-refractivity contribution in [1.29, 1.82) is 0 Å². The van der Waals surface area contributed by atoms with Crippen LogP contribution >= 0.6 is 0 Å². The van der Waals surface area contributed by atoms with Gasteiger partial charge in [-0.15, -0.1) is 5.10 Å². The van der Waals surface area contributed by atoms with Crippen molar-refractivity contribution < 1.29 is 4.90 Å². The first kappa shape index (κ1) is 20.5. The van der Waals surface area contributed by atoms with E-state index in [-0.39, 0.29) is 0 Å². The standard InChI is InChI=1S/C24H32N6/c1-18(2)23(24-25-26-27-30(24)17-21-10-6-5-7-11-21)29-15-13-28(14-16-29)22-12-8-9-19(3)20(22)4/h5-12,18,23H,13-17H2,1-4H3/p+1/t23-/m0/s1. The van der Waals surface area contributed by atoms with Gasteiger partial charge >= 0.3 is 0 Å². The highest BCUT2D eigenvalue weighted by Crippen LogP contribution is 2.23. The summed E-state index contributed by atoms with van der Waals surface area (Å²) >= 11 is 0. The van der Waals surface area contributed by atoms with E-state index in [1.54, 1.807) is 4.90 Å². The van der Waals surface area contributed by atoms with Crippen molar-refractivity contribution in [2.45, 2.75) is 40.3 Å². The Labute approximate surface area is 179 Å². The second-order valence-electron chi connectivity index (χ2n) is 8.77. The molecule has 0 saturated carbocycles. The monoisotopic (exact) mass is 405 g/mol. The number of nitrogens with one attached hydrogen (secondary N) is 1. The molecule has 1 atom stereocenters. The van der Waals surface area contributed by atoms with E-state index in [1.165, 1.54) is 22.4 Å². The SMILES string of the molecule is Cc1cccc(N2CC[NH+]([C@H](c3nnnn3Cc3ccccc3)C(C)C)CC2)c1C. The first-order chi connectivity index (χ1) is 14.5. The number of anilines is 1. The highest BCUT2D eigenvalue weighted by atomic mass is 15.6. The van der Waals surface area contributed by atoms with E-state index in [2.05, 4.69) is 90.6 Å². The zero-order valence-electron chi connectivity index (χ0n) is 18.5. The van der Waals surface area contributed by atoms with E-state index in [1.807, 2.05) is 10.7 Å². The molecule has 0 aliphatic carbocycles. The number of hydrogen-bond donors (Lipinski definition) is 1. The van der Waals surface area contributed by atoms with Crippen LogP contribution in [0.2, 0.25) is 0 Å². The second kappa shape index (κ2) is 8.96. The van der Waals surface area contributed by atoms with E-state index in [0.29, 0.717) is 18.5 Å². The summed E-state index contributed by atoms with van der Waals surface area (Å²) in [6, 6.07) is 17.4. The molecule has 1 fully saturated rings. The molecule has 30 heavy (non-hydrogen) atoms. The highest BCUT2D eigenvalue weighted by Gasteiger charge is 2.35. The molecule has 1 aliphatic heterocycles. The zero-order chi connectivity index (χ0) is 21.1. The summed E-state index contributed by atoms with van der Waals surface area (Å²) in [5.41, 5.74) is 5.36. The molecule has 0 unspecified atom stereocenters. The van der Waals surface area contributed by atoms with Crippen LogP contribution in [0.1, 0.15) is 42.4 Å². The summed E-state index contributed by atoms with van der Waals surface area (Å²) in [5.74, 6) is 1.47. The fraction of sp³-hybridized carbons (Fsp3) is 0.458. The Balaban J connectivity index is 1.50. The number of aromatic nitrogens is 4. The van der Waals surface area contributed by atoms with E-state index in [9.17, 15) is 0 Å². The maximum Gasteiger partial charge on any atom is 0.209 e. The summed E-state index contributed by atoms with van der Waals surface area (Å²) in [4.78, 5) is 4.12. The molecule has 1 aliphatic rings. The van der Waals surface area contributed by atoms with Crippen molar-refractivity contribution in [1.82, 2.24) is 20.2 Å². The van der Waals surface area contributed by atoms with Gasteiger partial charge in [-0.25, -0.2) is 4.68 Å². The molecule has 0 bridgehead atoms. The third-order valence-corrected chi connectivity index (χ3v) is 6.44. The fourth-order valence-electron chi connectivity index (χ4n) is 4.68. The van der Waals surface area contributed by atoms with Gasteiger partial charge in [0, 0.05) is 11.6 Å². The molecule has 1 aromatic heterocycles. The van der Waals surface area contributed by atoms with Crippen molar-refractivity contribution in [2.75, 3.05) is 31.1 Å². The Hall–Kier alpha value is -2.73. The molecule has 0 radical (unpaired) electrons. The van der Waals surface area contributed by atoms with Crippen molar-refractivity contribution in [2.24, 2.45) is 5.92 Å². The van der Waals surface area contributed by atoms with Gasteiger partial charge < -0.3 is 9.80 Å². The molecule has 4 rings (SSSR count). The Morgan fingerprint density at radius 3 is 2.40 bits per heavy atom. The molecule has 158 valence electrons. The number of benzene rings is 2. The van der Waals surface area contributed by atoms with Gasteiger partial charge in [0.2, 0.25) is 5.82 Å². The lowest BCUT2D eigenvalue weighted by molar-refractivity contribution is -0.937. The van der Waals surface area contributed by atoms with E-state index in [0.717, 1.165) is 32.0 Å². The smallest absolute Gasteiger partial charge is 0.209 e. The molecule has 1 N–H and O–H groups in total. The minimum Gasteiger partial charge on any atom is -0.360 e. The molecular weight excluding hydrogens is 372 g/mol. The maximum absolute atomic E-state index is 4.48. The number of quaternary nitrogens is 1. The van der Waals surface area contributed by atoms with Crippen LogP contribution in [0.25, 0.3) is 0 Å². The Bertz CT molecular complexity index is 957. The van der Waals surface area contributed by atoms with Gasteiger partial charge in [0.25, 0.3) is 0 Å². The Morgan fingerprint density at radius 2 is 1.70 bits per heavy atom. The van der Waals surface area contributed by atoms with Crippen molar-refractivity contribution >= 4 is 5.69 Å². The molecule has 0 amide bonds. The Kier molecular flexibility index (Phi) is 6.13. The number of hydrogen-bond acceptors (Lipinski definition) is 4. The number of nitrogens with zero attached hydrogens (tertiary/aromatic N) is 5. The predicted molar refractivity (Wildman–Crippen MR) is 120 cm³/mol. The van der Waals surface area contributed by atoms with Crippen LogP contribution in [0.3, 0.4) is 0 Å². The van der Waals surface area contributed by atoms with Crippen LogP contribution in [0, 0.1) is 19.8 Å². The van der Waals surface area contributed by atoms with Gasteiger partial charge in [-0.2, -0.15) is 0 Å². The lowest BCUT2D eigenvalue weighted by Gasteiger charge is -2.39. The van der Waals surface area contributed by atoms with Crippen LogP contribution in [0.4, 0.5) is 5.69 Å². The summed E-state index contributed by atoms with van der Waals surface area (Å²) in [5, 5.41) is 12.8. The third-order valence-electron chi connectivity index (χ3n) is 6.44. The summed E-state index contributed by atoms with van der Waals surface area (Å²) in [6.07, 6.45) is 0. The number of piperazine rings is 1. The van der Waals surface area contributed by atoms with E-state index < -0.39 is 0 Å². The Morgan fingerprint density at radius 1 is 0.967 bits per heavy atom. The normalized spacial score (nSPS) is 16.2. The van der Waals surface area contributed by atoms with E-state index >= 15 is 0 Å². The maximum atomic E-state index is 4.48. The van der Waals surface area contributed by atoms with Crippen LogP contribution in [-0.4, -0.2) is 46.4 Å². The van der Waals surface area contributed by atoms with Gasteiger partial charge in [-0.05, 0) is 47.0 Å². The predicted octanol–water partition coefficient (Wildman–Crippen LogP) is 2.44. The van der Waals surface area contributed by atoms with Gasteiger partial charge in [0.1, 0.15) is 0 Å². The fourth-order valence-corrected chi connectivity index (χ4v) is 4.68. The van der Waals surface area contributed by atoms with Crippen LogP contribution in [-0.2, 0) is 6.54 Å². The van der Waals surface area contributed by atoms with Crippen LogP contribution in [0.15, 0.2) is 48.5 Å². The summed E-state index contributed by atoms with van der Waals surface area (Å²) in [6.45, 7) is 14.0. The lowest BCUT2D eigenvalue weighted by Crippen LogP contribution is -3.15. The molecule has 6 nitrogen and oxygen atoms in total. The van der Waals surface area contributed by atoms with E-state index in [4.69, 9.17) is 0 Å². The summed E-state index contributed by atoms with van der Waals surface area (Å²) in [7, 11) is 0. The third kappa shape index (κ3) is 4.24. The van der Waals surface area contributed by atoms with Gasteiger partial charge in [-0.1, -0.05) is 56.3 Å². The zero-order valence-corrected chi connectivity index (χ0v) is 18.5. The van der Waals surface area contributed by atoms with Gasteiger partial charge in [0.05, 0.1) is 32.7 Å². The molecule has 2 aromatic carbocycles. The molecular formula is C24H33N6+. The topological polar surface area (TPSA) is 51.3 Å². The van der Waals surface area contributed by atoms with Crippen LogP contribution in [0.5, 0.6) is 0 Å². The van der Waals surface area contributed by atoms with Gasteiger partial charge in [0.15, 0.2) is 6.04 Å². The largest absolute Gasteiger partial charge is 0.360 e. The van der Waals surface area contributed by atoms with Crippen molar-refractivity contribution in [3.63, 3.8) is 0 Å². The minimum atomic E-state index is 0.296. The average Bonchev–Trinajstić information content (AvgIpc) is 3.19. The molecule has 0 spiro atoms. The molecule has 1 saturated heterocycles. The van der Waals surface area contributed by atoms with Gasteiger partial charge in [-0.3, -0.25) is 0 Å². The first-order valence-electron chi connectivity index (χ1n) is 11.0.